The van der Waals surface area contributed by atoms with Gasteiger partial charge in [-0.2, -0.15) is 0 Å². The van der Waals surface area contributed by atoms with E-state index >= 15 is 0 Å². The molecule has 0 amide bonds. The highest BCUT2D eigenvalue weighted by atomic mass is 15.1. The van der Waals surface area contributed by atoms with Crippen LogP contribution in [0.15, 0.2) is 267 Å². The fraction of sp³-hybridized carbons (Fsp3) is 0.0149. The van der Waals surface area contributed by atoms with E-state index in [1.165, 1.54) is 27.4 Å². The minimum atomic E-state index is 1.07. The number of nitrogens with zero attached hydrogens (tertiary/aromatic N) is 4. The maximum absolute atomic E-state index is 4.23. The molecule has 12 aromatic rings. The summed E-state index contributed by atoms with van der Waals surface area (Å²) >= 11 is 0. The van der Waals surface area contributed by atoms with Crippen molar-refractivity contribution in [2.24, 2.45) is 0 Å². The van der Waals surface area contributed by atoms with E-state index in [0.29, 0.717) is 0 Å². The van der Waals surface area contributed by atoms with Crippen molar-refractivity contribution in [3.8, 4) is 33.6 Å². The van der Waals surface area contributed by atoms with Gasteiger partial charge in [0.15, 0.2) is 0 Å². The number of benzene rings is 10. The molecule has 0 spiro atoms. The Labute approximate surface area is 415 Å². The zero-order valence-electron chi connectivity index (χ0n) is 39.5. The molecule has 0 fully saturated rings. The Balaban J connectivity index is 0.844. The number of rotatable bonds is 12. The molecule has 0 N–H and O–H groups in total. The van der Waals surface area contributed by atoms with E-state index in [0.717, 1.165) is 84.3 Å². The van der Waals surface area contributed by atoms with Crippen LogP contribution in [0.2, 0.25) is 0 Å². The van der Waals surface area contributed by atoms with Gasteiger partial charge in [-0.1, -0.05) is 164 Å². The first kappa shape index (κ1) is 42.9. The molecule has 0 radical (unpaired) electrons. The highest BCUT2D eigenvalue weighted by Crippen LogP contribution is 2.42. The average molecular weight is 911 g/mol. The maximum atomic E-state index is 4.23. The van der Waals surface area contributed by atoms with Gasteiger partial charge in [0.05, 0.1) is 22.2 Å². The number of hydrogen-bond donors (Lipinski definition) is 0. The fourth-order valence-corrected chi connectivity index (χ4v) is 10.3. The lowest BCUT2D eigenvalue weighted by Crippen LogP contribution is -2.10. The first-order chi connectivity index (χ1) is 35.1. The molecule has 338 valence electrons. The first-order valence-corrected chi connectivity index (χ1v) is 24.2. The van der Waals surface area contributed by atoms with Gasteiger partial charge >= 0.3 is 0 Å². The Morgan fingerprint density at radius 3 is 1.27 bits per heavy atom. The number of fused-ring (bicyclic) bond motifs is 4. The van der Waals surface area contributed by atoms with Gasteiger partial charge in [0.2, 0.25) is 0 Å². The van der Waals surface area contributed by atoms with Crippen molar-refractivity contribution in [2.75, 3.05) is 9.80 Å². The number of aromatic nitrogens is 2. The second-order valence-corrected chi connectivity index (χ2v) is 17.8. The van der Waals surface area contributed by atoms with E-state index in [1.54, 1.807) is 0 Å². The van der Waals surface area contributed by atoms with Gasteiger partial charge in [0.1, 0.15) is 0 Å². The Morgan fingerprint density at radius 1 is 0.338 bits per heavy atom. The van der Waals surface area contributed by atoms with Gasteiger partial charge in [0, 0.05) is 67.2 Å². The zero-order valence-corrected chi connectivity index (χ0v) is 39.5. The summed E-state index contributed by atoms with van der Waals surface area (Å²) in [5.74, 6) is 0. The van der Waals surface area contributed by atoms with Crippen LogP contribution in [0.3, 0.4) is 0 Å². The summed E-state index contributed by atoms with van der Waals surface area (Å²) in [5.41, 5.74) is 19.2. The summed E-state index contributed by atoms with van der Waals surface area (Å²) < 4.78 is 4.71. The zero-order chi connectivity index (χ0) is 47.7. The van der Waals surface area contributed by atoms with Crippen LogP contribution in [0.4, 0.5) is 34.1 Å². The molecule has 0 saturated carbocycles. The van der Waals surface area contributed by atoms with E-state index < -0.39 is 0 Å². The number of para-hydroxylation sites is 5. The van der Waals surface area contributed by atoms with Crippen LogP contribution in [0.1, 0.15) is 18.2 Å². The third-order valence-electron chi connectivity index (χ3n) is 13.6. The van der Waals surface area contributed by atoms with Crippen molar-refractivity contribution in [3.05, 3.63) is 279 Å². The van der Waals surface area contributed by atoms with Crippen LogP contribution < -0.4 is 9.80 Å². The van der Waals surface area contributed by atoms with Gasteiger partial charge in [-0.3, -0.25) is 0 Å². The molecule has 0 bridgehead atoms. The molecule has 0 unspecified atom stereocenters. The SMILES string of the molecule is C=Cc1c(/C=C\C)n(-c2ccccc2)c2cc(N(c3ccccc3)c3ccc(-c4ccc(-c5ccc(N(c6ccccc6)c6ccc7c(c6)c6ccccc6n7-c6ccccc6)cc5)cc4)cc3)ccc12. The smallest absolute Gasteiger partial charge is 0.0561 e. The third kappa shape index (κ3) is 7.88. The Hall–Kier alpha value is -9.38. The normalized spacial score (nSPS) is 11.5. The molecular formula is C67H50N4. The summed E-state index contributed by atoms with van der Waals surface area (Å²) in [6.07, 6.45) is 6.25. The molecule has 4 heteroatoms. The second-order valence-electron chi connectivity index (χ2n) is 17.8. The molecule has 10 aromatic carbocycles. The van der Waals surface area contributed by atoms with E-state index in [4.69, 9.17) is 0 Å². The highest BCUT2D eigenvalue weighted by molar-refractivity contribution is 6.10. The second kappa shape index (κ2) is 18.6. The summed E-state index contributed by atoms with van der Waals surface area (Å²) in [4.78, 5) is 4.69. The lowest BCUT2D eigenvalue weighted by molar-refractivity contribution is 1.10. The van der Waals surface area contributed by atoms with Gasteiger partial charge in [-0.25, -0.2) is 0 Å². The van der Waals surface area contributed by atoms with Crippen molar-refractivity contribution < 1.29 is 0 Å². The molecule has 0 aliphatic carbocycles. The first-order valence-electron chi connectivity index (χ1n) is 24.2. The quantitative estimate of drug-likeness (QED) is 0.121. The minimum Gasteiger partial charge on any atom is -0.310 e. The van der Waals surface area contributed by atoms with Gasteiger partial charge in [-0.05, 0) is 144 Å². The van der Waals surface area contributed by atoms with Crippen molar-refractivity contribution in [3.63, 3.8) is 0 Å². The van der Waals surface area contributed by atoms with E-state index in [9.17, 15) is 0 Å². The molecule has 4 nitrogen and oxygen atoms in total. The van der Waals surface area contributed by atoms with Crippen molar-refractivity contribution in [1.82, 2.24) is 9.13 Å². The third-order valence-corrected chi connectivity index (χ3v) is 13.6. The Bertz CT molecular complexity index is 3850. The molecule has 71 heavy (non-hydrogen) atoms. The maximum Gasteiger partial charge on any atom is 0.0561 e. The molecule has 12 rings (SSSR count). The van der Waals surface area contributed by atoms with Crippen molar-refractivity contribution in [1.29, 1.82) is 0 Å². The Kier molecular flexibility index (Phi) is 11.3. The molecular weight excluding hydrogens is 861 g/mol. The lowest BCUT2D eigenvalue weighted by atomic mass is 9.99. The van der Waals surface area contributed by atoms with Crippen LogP contribution in [0, 0.1) is 0 Å². The number of hydrogen-bond acceptors (Lipinski definition) is 2. The average Bonchev–Trinajstić information content (AvgIpc) is 3.94. The van der Waals surface area contributed by atoms with E-state index in [1.807, 2.05) is 6.08 Å². The van der Waals surface area contributed by atoms with Crippen LogP contribution in [-0.4, -0.2) is 9.13 Å². The van der Waals surface area contributed by atoms with Crippen LogP contribution in [0.5, 0.6) is 0 Å². The van der Waals surface area contributed by atoms with Crippen LogP contribution in [0.25, 0.3) is 78.5 Å². The standard InChI is InChI=1S/C67H50N4/c1-3-19-64-60(4-2)62-44-42-59(47-67(62)71(64)55-26-15-8-16-27-55)69(53-22-11-6-12-23-53)57-40-36-51(37-41-57)49-32-30-48(31-33-49)50-34-38-56(39-35-50)68(52-20-9-5-10-21-52)58-43-45-66-63(46-58)61-28-17-18-29-65(61)70(66)54-24-13-7-14-25-54/h3-47H,2H2,1H3/b19-3-. The molecule has 2 heterocycles. The summed E-state index contributed by atoms with van der Waals surface area (Å²) in [6.45, 7) is 6.29. The predicted octanol–water partition coefficient (Wildman–Crippen LogP) is 18.7. The highest BCUT2D eigenvalue weighted by Gasteiger charge is 2.20. The monoisotopic (exact) mass is 910 g/mol. The summed E-state index contributed by atoms with van der Waals surface area (Å²) in [7, 11) is 0. The van der Waals surface area contributed by atoms with Crippen molar-refractivity contribution >= 4 is 79.0 Å². The van der Waals surface area contributed by atoms with Gasteiger partial charge < -0.3 is 18.9 Å². The largest absolute Gasteiger partial charge is 0.310 e. The molecule has 0 saturated heterocycles. The topological polar surface area (TPSA) is 16.3 Å². The van der Waals surface area contributed by atoms with Gasteiger partial charge in [-0.15, -0.1) is 0 Å². The van der Waals surface area contributed by atoms with Crippen molar-refractivity contribution in [2.45, 2.75) is 6.92 Å². The van der Waals surface area contributed by atoms with Gasteiger partial charge in [0.25, 0.3) is 0 Å². The van der Waals surface area contributed by atoms with E-state index in [2.05, 4.69) is 299 Å². The molecule has 2 aromatic heterocycles. The predicted molar refractivity (Wildman–Crippen MR) is 303 cm³/mol. The van der Waals surface area contributed by atoms with Crippen LogP contribution >= 0.6 is 0 Å². The molecule has 0 aliphatic heterocycles. The summed E-state index contributed by atoms with van der Waals surface area (Å²) in [6, 6.07) is 91.6. The number of anilines is 6. The molecule has 0 atom stereocenters. The fourth-order valence-electron chi connectivity index (χ4n) is 10.3. The molecule has 0 aliphatic rings. The minimum absolute atomic E-state index is 1.07. The summed E-state index contributed by atoms with van der Waals surface area (Å²) in [5, 5.41) is 3.61. The number of allylic oxidation sites excluding steroid dienone is 1. The van der Waals surface area contributed by atoms with Crippen LogP contribution in [-0.2, 0) is 0 Å². The Morgan fingerprint density at radius 2 is 0.746 bits per heavy atom. The lowest BCUT2D eigenvalue weighted by Gasteiger charge is -2.26. The van der Waals surface area contributed by atoms with E-state index in [-0.39, 0.29) is 0 Å².